The number of aryl methyl sites for hydroxylation is 1. The second-order valence-corrected chi connectivity index (χ2v) is 7.41. The number of rotatable bonds is 6. The zero-order valence-electron chi connectivity index (χ0n) is 15.1. The fraction of sp³-hybridized carbons (Fsp3) is 0.350. The first-order valence-corrected chi connectivity index (χ1v) is 10.2. The van der Waals surface area contributed by atoms with E-state index in [-0.39, 0.29) is 5.91 Å². The van der Waals surface area contributed by atoms with E-state index in [1.807, 2.05) is 35.0 Å². The summed E-state index contributed by atoms with van der Waals surface area (Å²) in [5, 5.41) is 15.1. The Hall–Kier alpha value is -2.67. The molecule has 1 aliphatic rings. The minimum Gasteiger partial charge on any atom is -0.421 e. The molecule has 1 saturated heterocycles. The molecule has 7 heteroatoms. The topological polar surface area (TPSA) is 71.3 Å². The first-order chi connectivity index (χ1) is 13.3. The lowest BCUT2D eigenvalue weighted by Gasteiger charge is -2.30. The number of piperidine rings is 1. The monoisotopic (exact) mass is 382 g/mol. The van der Waals surface area contributed by atoms with Gasteiger partial charge in [0.15, 0.2) is 0 Å². The third-order valence-corrected chi connectivity index (χ3v) is 5.36. The maximum absolute atomic E-state index is 12.4. The lowest BCUT2D eigenvalue weighted by atomic mass is 10.1. The summed E-state index contributed by atoms with van der Waals surface area (Å²) in [4.78, 5) is 14.8. The predicted molar refractivity (Wildman–Crippen MR) is 107 cm³/mol. The molecule has 1 aliphatic heterocycles. The molecule has 1 aromatic carbocycles. The Kier molecular flexibility index (Phi) is 5.48. The molecule has 0 unspecified atom stereocenters. The molecule has 140 valence electrons. The summed E-state index contributed by atoms with van der Waals surface area (Å²) in [6, 6.07) is 9.94. The molecule has 1 amide bonds. The molecule has 6 nitrogen and oxygen atoms in total. The van der Waals surface area contributed by atoms with Gasteiger partial charge in [0.05, 0.1) is 11.4 Å². The van der Waals surface area contributed by atoms with Crippen molar-refractivity contribution in [2.24, 2.45) is 0 Å². The maximum atomic E-state index is 12.4. The number of carbonyl (C=O) groups excluding carboxylic acids is 1. The van der Waals surface area contributed by atoms with Crippen LogP contribution in [0.5, 0.6) is 0 Å². The number of anilines is 2. The summed E-state index contributed by atoms with van der Waals surface area (Å²) in [5.41, 5.74) is 2.88. The van der Waals surface area contributed by atoms with Crippen molar-refractivity contribution in [1.82, 2.24) is 10.2 Å². The number of hydrogen-bond acceptors (Lipinski definition) is 6. The maximum Gasteiger partial charge on any atom is 0.248 e. The molecule has 27 heavy (non-hydrogen) atoms. The van der Waals surface area contributed by atoms with Gasteiger partial charge in [-0.15, -0.1) is 10.2 Å². The molecule has 0 spiro atoms. The molecule has 0 radical (unpaired) electrons. The van der Waals surface area contributed by atoms with E-state index in [4.69, 9.17) is 4.42 Å². The van der Waals surface area contributed by atoms with Crippen molar-refractivity contribution in [1.29, 1.82) is 0 Å². The number of thiophene rings is 1. The zero-order valence-corrected chi connectivity index (χ0v) is 15.9. The van der Waals surface area contributed by atoms with E-state index in [0.29, 0.717) is 24.6 Å². The highest BCUT2D eigenvalue weighted by Crippen LogP contribution is 2.28. The van der Waals surface area contributed by atoms with Gasteiger partial charge in [0.1, 0.15) is 0 Å². The number of carbonyl (C=O) groups is 1. The van der Waals surface area contributed by atoms with Crippen LogP contribution in [0.1, 0.15) is 31.6 Å². The molecule has 2 aromatic heterocycles. The quantitative estimate of drug-likeness (QED) is 0.686. The molecule has 3 heterocycles. The van der Waals surface area contributed by atoms with Crippen LogP contribution in [-0.2, 0) is 11.2 Å². The lowest BCUT2D eigenvalue weighted by molar-refractivity contribution is -0.116. The molecule has 0 bridgehead atoms. The smallest absolute Gasteiger partial charge is 0.248 e. The Labute approximate surface area is 162 Å². The number of hydrogen-bond donors (Lipinski definition) is 1. The first-order valence-electron chi connectivity index (χ1n) is 9.28. The van der Waals surface area contributed by atoms with Gasteiger partial charge in [0.25, 0.3) is 0 Å². The third-order valence-electron chi connectivity index (χ3n) is 4.68. The van der Waals surface area contributed by atoms with Crippen molar-refractivity contribution in [3.8, 4) is 11.5 Å². The van der Waals surface area contributed by atoms with Crippen LogP contribution in [0.3, 0.4) is 0 Å². The van der Waals surface area contributed by atoms with Gasteiger partial charge in [0.2, 0.25) is 17.7 Å². The Morgan fingerprint density at radius 3 is 2.81 bits per heavy atom. The highest BCUT2D eigenvalue weighted by atomic mass is 32.1. The van der Waals surface area contributed by atoms with Crippen LogP contribution in [0.2, 0.25) is 0 Å². The van der Waals surface area contributed by atoms with Gasteiger partial charge in [-0.1, -0.05) is 12.1 Å². The van der Waals surface area contributed by atoms with Crippen molar-refractivity contribution < 1.29 is 9.21 Å². The molecule has 0 aliphatic carbocycles. The van der Waals surface area contributed by atoms with Crippen LogP contribution in [-0.4, -0.2) is 29.2 Å². The summed E-state index contributed by atoms with van der Waals surface area (Å²) in [6.45, 7) is 2.08. The summed E-state index contributed by atoms with van der Waals surface area (Å²) < 4.78 is 5.64. The van der Waals surface area contributed by atoms with Crippen LogP contribution in [0, 0.1) is 0 Å². The third kappa shape index (κ3) is 4.36. The minimum absolute atomic E-state index is 0.0465. The number of benzene rings is 1. The molecule has 1 N–H and O–H groups in total. The van der Waals surface area contributed by atoms with E-state index in [2.05, 4.69) is 26.5 Å². The Morgan fingerprint density at radius 1 is 1.15 bits per heavy atom. The number of para-hydroxylation sites is 2. The minimum atomic E-state index is -0.0465. The standard InChI is InChI=1S/C20H22N4O2S/c25-18(8-9-19-22-23-20(26-19)15-10-13-27-14-15)21-16-6-2-3-7-17(16)24-11-4-1-5-12-24/h2-3,6-7,10,13-14H,1,4-5,8-9,11-12H2,(H,21,25). The summed E-state index contributed by atoms with van der Waals surface area (Å²) >= 11 is 1.58. The lowest BCUT2D eigenvalue weighted by Crippen LogP contribution is -2.30. The fourth-order valence-electron chi connectivity index (χ4n) is 3.28. The van der Waals surface area contributed by atoms with Crippen LogP contribution < -0.4 is 10.2 Å². The molecule has 1 fully saturated rings. The highest BCUT2D eigenvalue weighted by Gasteiger charge is 2.16. The molecule has 0 atom stereocenters. The van der Waals surface area contributed by atoms with E-state index in [0.717, 1.165) is 30.0 Å². The van der Waals surface area contributed by atoms with E-state index >= 15 is 0 Å². The van der Waals surface area contributed by atoms with E-state index in [9.17, 15) is 4.79 Å². The van der Waals surface area contributed by atoms with Gasteiger partial charge in [-0.05, 0) is 42.8 Å². The largest absolute Gasteiger partial charge is 0.421 e. The van der Waals surface area contributed by atoms with Crippen molar-refractivity contribution in [2.75, 3.05) is 23.3 Å². The Balaban J connectivity index is 1.36. The zero-order chi connectivity index (χ0) is 18.5. The normalized spacial score (nSPS) is 14.3. The second kappa shape index (κ2) is 8.35. The number of nitrogens with one attached hydrogen (secondary N) is 1. The fourth-order valence-corrected chi connectivity index (χ4v) is 3.91. The van der Waals surface area contributed by atoms with Gasteiger partial charge < -0.3 is 14.6 Å². The van der Waals surface area contributed by atoms with Crippen LogP contribution in [0.15, 0.2) is 45.5 Å². The van der Waals surface area contributed by atoms with E-state index in [1.54, 1.807) is 11.3 Å². The molecule has 0 saturated carbocycles. The molecule has 4 rings (SSSR count). The Bertz CT molecular complexity index is 885. The number of nitrogens with zero attached hydrogens (tertiary/aromatic N) is 3. The van der Waals surface area contributed by atoms with Gasteiger partial charge in [-0.25, -0.2) is 0 Å². The predicted octanol–water partition coefficient (Wildman–Crippen LogP) is 4.36. The number of amides is 1. The van der Waals surface area contributed by atoms with Crippen LogP contribution >= 0.6 is 11.3 Å². The van der Waals surface area contributed by atoms with Gasteiger partial charge in [-0.3, -0.25) is 4.79 Å². The van der Waals surface area contributed by atoms with Gasteiger partial charge in [-0.2, -0.15) is 11.3 Å². The molecular formula is C20H22N4O2S. The van der Waals surface area contributed by atoms with Gasteiger partial charge >= 0.3 is 0 Å². The first kappa shape index (κ1) is 17.7. The van der Waals surface area contributed by atoms with Crippen molar-refractivity contribution in [3.63, 3.8) is 0 Å². The van der Waals surface area contributed by atoms with Gasteiger partial charge in [0, 0.05) is 36.9 Å². The summed E-state index contributed by atoms with van der Waals surface area (Å²) in [7, 11) is 0. The average molecular weight is 382 g/mol. The summed E-state index contributed by atoms with van der Waals surface area (Å²) in [5.74, 6) is 0.938. The van der Waals surface area contributed by atoms with E-state index < -0.39 is 0 Å². The Morgan fingerprint density at radius 2 is 2.00 bits per heavy atom. The number of aromatic nitrogens is 2. The average Bonchev–Trinajstić information content (AvgIpc) is 3.39. The van der Waals surface area contributed by atoms with Crippen LogP contribution in [0.25, 0.3) is 11.5 Å². The van der Waals surface area contributed by atoms with Crippen LogP contribution in [0.4, 0.5) is 11.4 Å². The summed E-state index contributed by atoms with van der Waals surface area (Å²) in [6.07, 6.45) is 4.41. The van der Waals surface area contributed by atoms with Crippen molar-refractivity contribution >= 4 is 28.6 Å². The van der Waals surface area contributed by atoms with Crippen molar-refractivity contribution in [2.45, 2.75) is 32.1 Å². The van der Waals surface area contributed by atoms with E-state index in [1.165, 1.54) is 19.3 Å². The van der Waals surface area contributed by atoms with Crippen molar-refractivity contribution in [3.05, 3.63) is 47.0 Å². The molecular weight excluding hydrogens is 360 g/mol. The highest BCUT2D eigenvalue weighted by molar-refractivity contribution is 7.08. The SMILES string of the molecule is O=C(CCc1nnc(-c2ccsc2)o1)Nc1ccccc1N1CCCCC1. The molecule has 3 aromatic rings. The second-order valence-electron chi connectivity index (χ2n) is 6.63.